The molecule has 5 rings (SSSR count). The minimum atomic E-state index is -0.406. The molecule has 0 bridgehead atoms. The number of alkyl carbamates (subject to hydrolysis) is 1. The quantitative estimate of drug-likeness (QED) is 0.344. The fraction of sp³-hybridized carbons (Fsp3) is 0.296. The van der Waals surface area contributed by atoms with Gasteiger partial charge in [0.25, 0.3) is 5.56 Å². The molecular formula is C27H27N3O4. The molecule has 1 aliphatic carbocycles. The first-order valence-electron chi connectivity index (χ1n) is 11.7. The van der Waals surface area contributed by atoms with Gasteiger partial charge < -0.3 is 19.5 Å². The van der Waals surface area contributed by atoms with Gasteiger partial charge in [0.1, 0.15) is 11.1 Å². The van der Waals surface area contributed by atoms with E-state index in [1.165, 1.54) is 6.33 Å². The summed E-state index contributed by atoms with van der Waals surface area (Å²) in [7, 11) is 0. The van der Waals surface area contributed by atoms with E-state index in [1.54, 1.807) is 0 Å². The highest BCUT2D eigenvalue weighted by Crippen LogP contribution is 2.43. The van der Waals surface area contributed by atoms with E-state index in [4.69, 9.17) is 9.15 Å². The van der Waals surface area contributed by atoms with Crippen LogP contribution in [0.3, 0.4) is 0 Å². The summed E-state index contributed by atoms with van der Waals surface area (Å²) < 4.78 is 11.4. The molecule has 1 amide bonds. The van der Waals surface area contributed by atoms with Crippen LogP contribution in [-0.2, 0) is 10.3 Å². The number of aromatic nitrogens is 2. The number of benzene rings is 2. The third-order valence-electron chi connectivity index (χ3n) is 6.54. The van der Waals surface area contributed by atoms with Crippen molar-refractivity contribution >= 4 is 17.2 Å². The summed E-state index contributed by atoms with van der Waals surface area (Å²) in [4.78, 5) is 31.9. The van der Waals surface area contributed by atoms with Gasteiger partial charge in [-0.1, -0.05) is 67.9 Å². The number of hydrogen-bond acceptors (Lipinski definition) is 5. The number of carbonyl (C=O) groups excluding carboxylic acids is 1. The minimum Gasteiger partial charge on any atom is -0.450 e. The Labute approximate surface area is 197 Å². The van der Waals surface area contributed by atoms with Gasteiger partial charge in [-0.15, -0.1) is 0 Å². The number of ether oxygens (including phenoxy) is 1. The Morgan fingerprint density at radius 1 is 1.12 bits per heavy atom. The molecule has 2 aromatic carbocycles. The van der Waals surface area contributed by atoms with Gasteiger partial charge in [0.05, 0.1) is 18.5 Å². The second kappa shape index (κ2) is 9.17. The van der Waals surface area contributed by atoms with Gasteiger partial charge in [-0.2, -0.15) is 0 Å². The van der Waals surface area contributed by atoms with E-state index in [0.29, 0.717) is 29.0 Å². The number of aromatic amines is 1. The second-order valence-electron chi connectivity index (χ2n) is 8.71. The molecule has 0 spiro atoms. The van der Waals surface area contributed by atoms with Crippen molar-refractivity contribution in [3.8, 4) is 22.5 Å². The molecule has 0 aliphatic heterocycles. The maximum atomic E-state index is 12.6. The van der Waals surface area contributed by atoms with E-state index >= 15 is 0 Å². The molecule has 34 heavy (non-hydrogen) atoms. The predicted octanol–water partition coefficient (Wildman–Crippen LogP) is 5.76. The summed E-state index contributed by atoms with van der Waals surface area (Å²) in [6, 6.07) is 17.7. The molecule has 4 aromatic rings. The summed E-state index contributed by atoms with van der Waals surface area (Å²) in [5.41, 5.74) is 3.11. The Balaban J connectivity index is 1.50. The zero-order chi connectivity index (χ0) is 23.5. The average molecular weight is 458 g/mol. The number of furan rings is 1. The number of nitrogens with one attached hydrogen (secondary N) is 2. The van der Waals surface area contributed by atoms with Crippen LogP contribution in [0.4, 0.5) is 4.79 Å². The smallest absolute Gasteiger partial charge is 0.407 e. The van der Waals surface area contributed by atoms with Crippen LogP contribution in [0.25, 0.3) is 33.6 Å². The van der Waals surface area contributed by atoms with Gasteiger partial charge in [-0.05, 0) is 36.8 Å². The highest BCUT2D eigenvalue weighted by molar-refractivity contribution is 5.99. The first-order valence-corrected chi connectivity index (χ1v) is 11.7. The van der Waals surface area contributed by atoms with Crippen LogP contribution in [0.5, 0.6) is 0 Å². The standard InChI is InChI=1S/C27H27N3O4/c1-2-3-16-33-26(32)30-27(14-7-15-27)20-12-10-19(11-13-20)23-21(18-8-5-4-6-9-18)22-24(31)28-17-29-25(22)34-23/h4-6,8-13,17H,2-3,7,14-16H2,1H3,(H,30,32)(H,28,29,31). The van der Waals surface area contributed by atoms with E-state index in [9.17, 15) is 9.59 Å². The van der Waals surface area contributed by atoms with Crippen molar-refractivity contribution in [3.05, 3.63) is 76.8 Å². The van der Waals surface area contributed by atoms with Gasteiger partial charge in [0.2, 0.25) is 5.71 Å². The SMILES string of the molecule is CCCCOC(=O)NC1(c2ccc(-c3oc4nc[nH]c(=O)c4c3-c3ccccc3)cc2)CCC1. The van der Waals surface area contributed by atoms with Crippen LogP contribution in [0.15, 0.2) is 70.1 Å². The van der Waals surface area contributed by atoms with Crippen LogP contribution in [0, 0.1) is 0 Å². The Hall–Kier alpha value is -3.87. The molecule has 1 fully saturated rings. The molecule has 0 saturated heterocycles. The van der Waals surface area contributed by atoms with E-state index in [-0.39, 0.29) is 11.7 Å². The van der Waals surface area contributed by atoms with E-state index in [2.05, 4.69) is 22.2 Å². The van der Waals surface area contributed by atoms with Crippen molar-refractivity contribution in [3.63, 3.8) is 0 Å². The third-order valence-corrected chi connectivity index (χ3v) is 6.54. The van der Waals surface area contributed by atoms with Crippen LogP contribution < -0.4 is 10.9 Å². The number of unbranched alkanes of at least 4 members (excludes halogenated alkanes) is 1. The molecule has 0 radical (unpaired) electrons. The molecule has 0 atom stereocenters. The number of nitrogens with zero attached hydrogens (tertiary/aromatic N) is 1. The van der Waals surface area contributed by atoms with Crippen LogP contribution in [-0.4, -0.2) is 22.7 Å². The lowest BCUT2D eigenvalue weighted by Gasteiger charge is -2.42. The molecule has 174 valence electrons. The predicted molar refractivity (Wildman–Crippen MR) is 130 cm³/mol. The van der Waals surface area contributed by atoms with Crippen molar-refractivity contribution in [2.75, 3.05) is 6.61 Å². The zero-order valence-corrected chi connectivity index (χ0v) is 19.1. The molecule has 2 N–H and O–H groups in total. The lowest BCUT2D eigenvalue weighted by molar-refractivity contribution is 0.110. The van der Waals surface area contributed by atoms with Crippen molar-refractivity contribution < 1.29 is 13.9 Å². The Kier molecular flexibility index (Phi) is 5.92. The molecule has 7 heteroatoms. The lowest BCUT2D eigenvalue weighted by atomic mass is 9.71. The summed E-state index contributed by atoms with van der Waals surface area (Å²) in [5, 5.41) is 3.52. The van der Waals surface area contributed by atoms with Crippen molar-refractivity contribution in [1.29, 1.82) is 0 Å². The first-order chi connectivity index (χ1) is 16.6. The molecule has 7 nitrogen and oxygen atoms in total. The maximum absolute atomic E-state index is 12.6. The highest BCUT2D eigenvalue weighted by atomic mass is 16.5. The van der Waals surface area contributed by atoms with E-state index < -0.39 is 5.54 Å². The van der Waals surface area contributed by atoms with E-state index in [1.807, 2.05) is 54.6 Å². The molecule has 0 unspecified atom stereocenters. The van der Waals surface area contributed by atoms with Crippen LogP contribution in [0.1, 0.15) is 44.6 Å². The third kappa shape index (κ3) is 3.98. The Morgan fingerprint density at radius 3 is 2.56 bits per heavy atom. The number of rotatable bonds is 7. The molecule has 2 aromatic heterocycles. The fourth-order valence-electron chi connectivity index (χ4n) is 4.52. The fourth-order valence-corrected chi connectivity index (χ4v) is 4.52. The molecular weight excluding hydrogens is 430 g/mol. The summed E-state index contributed by atoms with van der Waals surface area (Å²) in [6.45, 7) is 2.49. The molecule has 1 aliphatic rings. The second-order valence-corrected chi connectivity index (χ2v) is 8.71. The molecule has 1 saturated carbocycles. The summed E-state index contributed by atoms with van der Waals surface area (Å²) in [5.74, 6) is 0.589. The zero-order valence-electron chi connectivity index (χ0n) is 19.1. The average Bonchev–Trinajstić information content (AvgIpc) is 3.23. The highest BCUT2D eigenvalue weighted by Gasteiger charge is 2.40. The van der Waals surface area contributed by atoms with Crippen LogP contribution >= 0.6 is 0 Å². The Morgan fingerprint density at radius 2 is 1.88 bits per heavy atom. The number of hydrogen-bond donors (Lipinski definition) is 2. The number of amides is 1. The topological polar surface area (TPSA) is 97.2 Å². The molecule has 2 heterocycles. The van der Waals surface area contributed by atoms with E-state index in [0.717, 1.165) is 48.8 Å². The van der Waals surface area contributed by atoms with Gasteiger partial charge in [0.15, 0.2) is 0 Å². The first kappa shape index (κ1) is 21.9. The summed E-state index contributed by atoms with van der Waals surface area (Å²) in [6.07, 6.45) is 5.60. The van der Waals surface area contributed by atoms with Gasteiger partial charge in [-0.25, -0.2) is 9.78 Å². The largest absolute Gasteiger partial charge is 0.450 e. The van der Waals surface area contributed by atoms with Gasteiger partial charge in [-0.3, -0.25) is 4.79 Å². The number of carbonyl (C=O) groups is 1. The summed E-state index contributed by atoms with van der Waals surface area (Å²) >= 11 is 0. The van der Waals surface area contributed by atoms with Crippen LogP contribution in [0.2, 0.25) is 0 Å². The number of fused-ring (bicyclic) bond motifs is 1. The minimum absolute atomic E-state index is 0.241. The van der Waals surface area contributed by atoms with Crippen molar-refractivity contribution in [1.82, 2.24) is 15.3 Å². The number of H-pyrrole nitrogens is 1. The van der Waals surface area contributed by atoms with Crippen molar-refractivity contribution in [2.45, 2.75) is 44.6 Å². The monoisotopic (exact) mass is 457 g/mol. The maximum Gasteiger partial charge on any atom is 0.407 e. The normalized spacial score (nSPS) is 14.5. The Bertz CT molecular complexity index is 1350. The lowest BCUT2D eigenvalue weighted by Crippen LogP contribution is -2.51. The van der Waals surface area contributed by atoms with Gasteiger partial charge in [0, 0.05) is 11.1 Å². The van der Waals surface area contributed by atoms with Crippen molar-refractivity contribution in [2.24, 2.45) is 0 Å². The van der Waals surface area contributed by atoms with Gasteiger partial charge >= 0.3 is 6.09 Å².